The van der Waals surface area contributed by atoms with E-state index >= 15 is 0 Å². The predicted octanol–water partition coefficient (Wildman–Crippen LogP) is 2.39. The van der Waals surface area contributed by atoms with Crippen LogP contribution in [0.15, 0.2) is 11.5 Å². The third-order valence-corrected chi connectivity index (χ3v) is 1.98. The Morgan fingerprint density at radius 1 is 1.00 bits per heavy atom. The highest BCUT2D eigenvalue weighted by Gasteiger charge is 2.01. The molecule has 0 atom stereocenters. The number of allylic oxidation sites excluding steroid dienone is 1. The molecule has 0 aliphatic heterocycles. The van der Waals surface area contributed by atoms with E-state index in [1.165, 1.54) is 44.1 Å². The summed E-state index contributed by atoms with van der Waals surface area (Å²) in [5.41, 5.74) is 1.47. The van der Waals surface area contributed by atoms with Gasteiger partial charge in [0, 0.05) is 0 Å². The standard InChI is InChI=1S/C8H13B/c9-7-8-5-3-1-2-4-6-8/h7H,1-6H2. The van der Waals surface area contributed by atoms with Crippen LogP contribution in [0, 0.1) is 0 Å². The van der Waals surface area contributed by atoms with Crippen LogP contribution in [0.1, 0.15) is 38.5 Å². The fourth-order valence-corrected chi connectivity index (χ4v) is 1.35. The summed E-state index contributed by atoms with van der Waals surface area (Å²) in [6.07, 6.45) is 7.99. The first kappa shape index (κ1) is 6.92. The van der Waals surface area contributed by atoms with E-state index in [1.54, 1.807) is 5.98 Å². The third-order valence-electron chi connectivity index (χ3n) is 1.98. The minimum absolute atomic E-state index is 1.25. The van der Waals surface area contributed by atoms with Crippen LogP contribution < -0.4 is 0 Å². The van der Waals surface area contributed by atoms with Crippen LogP contribution in [0.25, 0.3) is 0 Å². The second-order valence-electron chi connectivity index (χ2n) is 2.74. The average molecular weight is 120 g/mol. The molecule has 0 aromatic heterocycles. The minimum atomic E-state index is 1.25. The second kappa shape index (κ2) is 3.76. The first-order chi connectivity index (χ1) is 4.43. The second-order valence-corrected chi connectivity index (χ2v) is 2.74. The highest BCUT2D eigenvalue weighted by atomic mass is 14.1. The zero-order valence-electron chi connectivity index (χ0n) is 5.90. The van der Waals surface area contributed by atoms with Gasteiger partial charge in [-0.05, 0) is 25.7 Å². The van der Waals surface area contributed by atoms with Gasteiger partial charge in [0.2, 0.25) is 0 Å². The Morgan fingerprint density at radius 3 is 2.00 bits per heavy atom. The quantitative estimate of drug-likeness (QED) is 0.340. The van der Waals surface area contributed by atoms with Gasteiger partial charge in [0.05, 0.1) is 0 Å². The lowest BCUT2D eigenvalue weighted by molar-refractivity contribution is 0.702. The first-order valence-corrected chi connectivity index (χ1v) is 3.83. The first-order valence-electron chi connectivity index (χ1n) is 3.83. The van der Waals surface area contributed by atoms with Crippen molar-refractivity contribution in [3.05, 3.63) is 11.5 Å². The number of hydrogen-bond acceptors (Lipinski definition) is 0. The topological polar surface area (TPSA) is 0 Å². The molecule has 0 unspecified atom stereocenters. The molecule has 1 fully saturated rings. The lowest BCUT2D eigenvalue weighted by Crippen LogP contribution is -1.79. The van der Waals surface area contributed by atoms with Crippen molar-refractivity contribution in [3.8, 4) is 0 Å². The molecule has 0 heterocycles. The summed E-state index contributed by atoms with van der Waals surface area (Å²) in [5, 5.41) is 0. The Kier molecular flexibility index (Phi) is 2.89. The zero-order valence-corrected chi connectivity index (χ0v) is 5.90. The van der Waals surface area contributed by atoms with Gasteiger partial charge in [0.25, 0.3) is 0 Å². The molecule has 0 aromatic rings. The molecule has 1 heteroatoms. The van der Waals surface area contributed by atoms with Crippen LogP contribution in [0.4, 0.5) is 0 Å². The zero-order chi connectivity index (χ0) is 6.53. The van der Waals surface area contributed by atoms with Crippen LogP contribution in [-0.4, -0.2) is 7.85 Å². The summed E-state index contributed by atoms with van der Waals surface area (Å²) in [6, 6.07) is 0. The van der Waals surface area contributed by atoms with Crippen molar-refractivity contribution in [1.82, 2.24) is 0 Å². The summed E-state index contributed by atoms with van der Waals surface area (Å²) in [4.78, 5) is 0. The highest BCUT2D eigenvalue weighted by Crippen LogP contribution is 2.20. The van der Waals surface area contributed by atoms with E-state index in [1.807, 2.05) is 0 Å². The molecule has 48 valence electrons. The van der Waals surface area contributed by atoms with Gasteiger partial charge in [-0.15, -0.1) is 5.98 Å². The molecule has 9 heavy (non-hydrogen) atoms. The normalized spacial score (nSPS) is 21.1. The van der Waals surface area contributed by atoms with E-state index < -0.39 is 0 Å². The fourth-order valence-electron chi connectivity index (χ4n) is 1.35. The van der Waals surface area contributed by atoms with E-state index in [9.17, 15) is 0 Å². The summed E-state index contributed by atoms with van der Waals surface area (Å²) < 4.78 is 0. The molecule has 0 nitrogen and oxygen atoms in total. The number of hydrogen-bond donors (Lipinski definition) is 0. The largest absolute Gasteiger partial charge is 0.132 e. The molecule has 0 spiro atoms. The Labute approximate surface area is 58.8 Å². The molecule has 0 N–H and O–H groups in total. The SMILES string of the molecule is [B]C=C1CCCCCC1. The molecular formula is C8H13B. The van der Waals surface area contributed by atoms with E-state index in [-0.39, 0.29) is 0 Å². The maximum atomic E-state index is 5.41. The van der Waals surface area contributed by atoms with Gasteiger partial charge in [0.15, 0.2) is 0 Å². The van der Waals surface area contributed by atoms with Gasteiger partial charge in [-0.25, -0.2) is 0 Å². The monoisotopic (exact) mass is 120 g/mol. The summed E-state index contributed by atoms with van der Waals surface area (Å²) in [7, 11) is 5.41. The molecule has 1 aliphatic carbocycles. The molecule has 1 saturated carbocycles. The van der Waals surface area contributed by atoms with Crippen molar-refractivity contribution in [1.29, 1.82) is 0 Å². The Hall–Kier alpha value is -0.195. The van der Waals surface area contributed by atoms with Gasteiger partial charge >= 0.3 is 0 Å². The van der Waals surface area contributed by atoms with E-state index in [0.717, 1.165) is 0 Å². The maximum absolute atomic E-state index is 5.41. The van der Waals surface area contributed by atoms with E-state index in [0.29, 0.717) is 0 Å². The van der Waals surface area contributed by atoms with Gasteiger partial charge in [-0.1, -0.05) is 18.4 Å². The summed E-state index contributed by atoms with van der Waals surface area (Å²) in [5.74, 6) is 1.80. The van der Waals surface area contributed by atoms with Crippen LogP contribution in [0.3, 0.4) is 0 Å². The Bertz CT molecular complexity index is 95.1. The molecule has 0 aromatic carbocycles. The highest BCUT2D eigenvalue weighted by molar-refractivity contribution is 6.17. The van der Waals surface area contributed by atoms with Crippen molar-refractivity contribution in [2.75, 3.05) is 0 Å². The van der Waals surface area contributed by atoms with Crippen LogP contribution in [0.2, 0.25) is 0 Å². The van der Waals surface area contributed by atoms with Crippen LogP contribution in [-0.2, 0) is 0 Å². The minimum Gasteiger partial charge on any atom is -0.132 e. The van der Waals surface area contributed by atoms with Crippen LogP contribution >= 0.6 is 0 Å². The lowest BCUT2D eigenvalue weighted by Gasteiger charge is -1.97. The maximum Gasteiger partial charge on any atom is 0.102 e. The van der Waals surface area contributed by atoms with Crippen molar-refractivity contribution in [2.24, 2.45) is 0 Å². The van der Waals surface area contributed by atoms with E-state index in [2.05, 4.69) is 0 Å². The van der Waals surface area contributed by atoms with Crippen LogP contribution in [0.5, 0.6) is 0 Å². The Morgan fingerprint density at radius 2 is 1.56 bits per heavy atom. The molecule has 2 radical (unpaired) electrons. The van der Waals surface area contributed by atoms with Gasteiger partial charge in [0.1, 0.15) is 7.85 Å². The van der Waals surface area contributed by atoms with E-state index in [4.69, 9.17) is 7.85 Å². The molecule has 0 amide bonds. The van der Waals surface area contributed by atoms with Gasteiger partial charge < -0.3 is 0 Å². The summed E-state index contributed by atoms with van der Waals surface area (Å²) >= 11 is 0. The predicted molar refractivity (Wildman–Crippen MR) is 41.5 cm³/mol. The van der Waals surface area contributed by atoms with Gasteiger partial charge in [-0.3, -0.25) is 0 Å². The smallest absolute Gasteiger partial charge is 0.102 e. The summed E-state index contributed by atoms with van der Waals surface area (Å²) in [6.45, 7) is 0. The van der Waals surface area contributed by atoms with Crippen molar-refractivity contribution in [3.63, 3.8) is 0 Å². The fraction of sp³-hybridized carbons (Fsp3) is 0.750. The average Bonchev–Trinajstić information content (AvgIpc) is 2.13. The molecular weight excluding hydrogens is 107 g/mol. The molecule has 1 aliphatic rings. The number of rotatable bonds is 0. The van der Waals surface area contributed by atoms with Crippen molar-refractivity contribution < 1.29 is 0 Å². The lowest BCUT2D eigenvalue weighted by atomic mass is 9.99. The van der Waals surface area contributed by atoms with Gasteiger partial charge in [-0.2, -0.15) is 0 Å². The van der Waals surface area contributed by atoms with Crippen molar-refractivity contribution in [2.45, 2.75) is 38.5 Å². The molecule has 1 rings (SSSR count). The molecule has 0 saturated heterocycles. The Balaban J connectivity index is 2.36. The third kappa shape index (κ3) is 2.25. The molecule has 0 bridgehead atoms. The van der Waals surface area contributed by atoms with Crippen molar-refractivity contribution >= 4 is 7.85 Å².